The molecule has 0 aliphatic carbocycles. The van der Waals surface area contributed by atoms with Gasteiger partial charge in [0.05, 0.1) is 31.2 Å². The first kappa shape index (κ1) is 18.5. The smallest absolute Gasteiger partial charge is 0.256 e. The highest BCUT2D eigenvalue weighted by molar-refractivity contribution is 6.06. The van der Waals surface area contributed by atoms with Gasteiger partial charge in [-0.15, -0.1) is 0 Å². The Bertz CT molecular complexity index is 1080. The maximum atomic E-state index is 13.4. The van der Waals surface area contributed by atoms with Crippen LogP contribution in [0.5, 0.6) is 11.5 Å². The minimum Gasteiger partial charge on any atom is -0.497 e. The number of carbonyl (C=O) groups is 1. The van der Waals surface area contributed by atoms with E-state index in [-0.39, 0.29) is 5.91 Å². The quantitative estimate of drug-likeness (QED) is 0.688. The van der Waals surface area contributed by atoms with E-state index in [1.165, 1.54) is 6.33 Å². The molecular formula is C20H20N6O3. The lowest BCUT2D eigenvalue weighted by Crippen LogP contribution is -2.32. The fraction of sp³-hybridized carbons (Fsp3) is 0.200. The van der Waals surface area contributed by atoms with Gasteiger partial charge in [-0.2, -0.15) is 10.1 Å². The maximum absolute atomic E-state index is 13.4. The van der Waals surface area contributed by atoms with E-state index in [0.717, 1.165) is 0 Å². The summed E-state index contributed by atoms with van der Waals surface area (Å²) >= 11 is 0. The van der Waals surface area contributed by atoms with Gasteiger partial charge in [-0.05, 0) is 31.2 Å². The van der Waals surface area contributed by atoms with E-state index in [0.29, 0.717) is 40.1 Å². The second-order valence-corrected chi connectivity index (χ2v) is 6.37. The number of benzene rings is 1. The van der Waals surface area contributed by atoms with Crippen molar-refractivity contribution in [2.24, 2.45) is 0 Å². The number of hydrogen-bond donors (Lipinski definition) is 2. The third-order valence-electron chi connectivity index (χ3n) is 4.66. The van der Waals surface area contributed by atoms with Crippen molar-refractivity contribution in [3.8, 4) is 11.5 Å². The van der Waals surface area contributed by atoms with Crippen LogP contribution in [0, 0.1) is 0 Å². The summed E-state index contributed by atoms with van der Waals surface area (Å²) in [5.41, 5.74) is 2.33. The fourth-order valence-corrected chi connectivity index (χ4v) is 3.30. The number of rotatable bonds is 5. The SMILES string of the molecule is COc1ccc(OC)c(NC(=O)C2=C(C)Nc3ncnn3[C@H]2c2ccccn2)c1. The third kappa shape index (κ3) is 3.38. The molecule has 1 aliphatic rings. The van der Waals surface area contributed by atoms with Crippen molar-refractivity contribution in [2.75, 3.05) is 24.9 Å². The fourth-order valence-electron chi connectivity index (χ4n) is 3.30. The lowest BCUT2D eigenvalue weighted by atomic mass is 9.98. The van der Waals surface area contributed by atoms with Crippen LogP contribution in [0.15, 0.2) is 60.2 Å². The van der Waals surface area contributed by atoms with Crippen LogP contribution in [0.25, 0.3) is 0 Å². The topological polar surface area (TPSA) is 103 Å². The van der Waals surface area contributed by atoms with Gasteiger partial charge < -0.3 is 20.1 Å². The number of aromatic nitrogens is 4. The van der Waals surface area contributed by atoms with Gasteiger partial charge in [0.15, 0.2) is 0 Å². The zero-order valence-corrected chi connectivity index (χ0v) is 16.2. The number of carbonyl (C=O) groups excluding carboxylic acids is 1. The molecule has 0 fully saturated rings. The van der Waals surface area contributed by atoms with Gasteiger partial charge in [0, 0.05) is 18.0 Å². The first-order chi connectivity index (χ1) is 14.1. The molecule has 0 bridgehead atoms. The number of allylic oxidation sites excluding steroid dienone is 1. The molecule has 3 aromatic rings. The minimum absolute atomic E-state index is 0.307. The molecule has 2 aromatic heterocycles. The molecule has 9 heteroatoms. The second kappa shape index (κ2) is 7.63. The first-order valence-corrected chi connectivity index (χ1v) is 8.94. The largest absolute Gasteiger partial charge is 0.497 e. The molecule has 29 heavy (non-hydrogen) atoms. The van der Waals surface area contributed by atoms with E-state index in [1.807, 2.05) is 25.1 Å². The van der Waals surface area contributed by atoms with Crippen molar-refractivity contribution in [2.45, 2.75) is 13.0 Å². The Hall–Kier alpha value is -3.88. The van der Waals surface area contributed by atoms with E-state index in [9.17, 15) is 4.79 Å². The summed E-state index contributed by atoms with van der Waals surface area (Å²) in [5, 5.41) is 10.4. The lowest BCUT2D eigenvalue weighted by molar-refractivity contribution is -0.113. The summed E-state index contributed by atoms with van der Waals surface area (Å²) in [7, 11) is 3.11. The zero-order chi connectivity index (χ0) is 20.4. The van der Waals surface area contributed by atoms with Crippen molar-refractivity contribution in [3.05, 3.63) is 65.9 Å². The van der Waals surface area contributed by atoms with Crippen LogP contribution in [-0.2, 0) is 4.79 Å². The highest BCUT2D eigenvalue weighted by atomic mass is 16.5. The zero-order valence-electron chi connectivity index (χ0n) is 16.2. The van der Waals surface area contributed by atoms with Crippen LogP contribution >= 0.6 is 0 Å². The van der Waals surface area contributed by atoms with Crippen molar-refractivity contribution in [3.63, 3.8) is 0 Å². The molecule has 0 unspecified atom stereocenters. The van der Waals surface area contributed by atoms with Crippen LogP contribution in [-0.4, -0.2) is 39.9 Å². The number of amides is 1. The molecule has 4 rings (SSSR count). The molecule has 1 aromatic carbocycles. The van der Waals surface area contributed by atoms with Gasteiger partial charge >= 0.3 is 0 Å². The van der Waals surface area contributed by atoms with Gasteiger partial charge in [0.2, 0.25) is 5.95 Å². The van der Waals surface area contributed by atoms with Crippen LogP contribution in [0.1, 0.15) is 18.7 Å². The molecule has 1 aliphatic heterocycles. The number of pyridine rings is 1. The third-order valence-corrected chi connectivity index (χ3v) is 4.66. The Morgan fingerprint density at radius 3 is 2.76 bits per heavy atom. The Labute approximate surface area is 167 Å². The molecular weight excluding hydrogens is 372 g/mol. The number of hydrogen-bond acceptors (Lipinski definition) is 7. The van der Waals surface area contributed by atoms with Gasteiger partial charge in [-0.3, -0.25) is 9.78 Å². The van der Waals surface area contributed by atoms with Crippen molar-refractivity contribution >= 4 is 17.5 Å². The van der Waals surface area contributed by atoms with Gasteiger partial charge in [0.1, 0.15) is 23.9 Å². The maximum Gasteiger partial charge on any atom is 0.256 e. The van der Waals surface area contributed by atoms with Crippen LogP contribution in [0.4, 0.5) is 11.6 Å². The van der Waals surface area contributed by atoms with E-state index in [1.54, 1.807) is 43.3 Å². The Morgan fingerprint density at radius 2 is 2.03 bits per heavy atom. The van der Waals surface area contributed by atoms with Crippen molar-refractivity contribution in [1.29, 1.82) is 0 Å². The number of nitrogens with one attached hydrogen (secondary N) is 2. The Kier molecular flexibility index (Phi) is 4.86. The number of ether oxygens (including phenoxy) is 2. The molecule has 148 valence electrons. The molecule has 2 N–H and O–H groups in total. The Balaban J connectivity index is 1.75. The molecule has 9 nitrogen and oxygen atoms in total. The summed E-state index contributed by atoms with van der Waals surface area (Å²) in [6.07, 6.45) is 3.13. The standard InChI is InChI=1S/C20H20N6O3/c1-12-17(19(27)25-15-10-13(28-2)7-8-16(15)29-3)18(14-6-4-5-9-21-14)26-20(24-12)22-11-23-26/h4-11,18H,1-3H3,(H,25,27)(H,22,23,24)/t18-/m0/s1. The number of fused-ring (bicyclic) bond motifs is 1. The highest BCUT2D eigenvalue weighted by Crippen LogP contribution is 2.35. The monoisotopic (exact) mass is 392 g/mol. The molecule has 3 heterocycles. The molecule has 0 saturated carbocycles. The van der Waals surface area contributed by atoms with Crippen LogP contribution in [0.3, 0.4) is 0 Å². The summed E-state index contributed by atoms with van der Waals surface area (Å²) in [4.78, 5) is 22.0. The van der Waals surface area contributed by atoms with Gasteiger partial charge in [0.25, 0.3) is 5.91 Å². The molecule has 1 amide bonds. The summed E-state index contributed by atoms with van der Waals surface area (Å²) < 4.78 is 12.3. The highest BCUT2D eigenvalue weighted by Gasteiger charge is 2.34. The molecule has 0 saturated heterocycles. The average molecular weight is 392 g/mol. The minimum atomic E-state index is -0.522. The van der Waals surface area contributed by atoms with Crippen LogP contribution < -0.4 is 20.1 Å². The molecule has 0 spiro atoms. The van der Waals surface area contributed by atoms with Crippen molar-refractivity contribution in [1.82, 2.24) is 19.7 Å². The van der Waals surface area contributed by atoms with Crippen molar-refractivity contribution < 1.29 is 14.3 Å². The average Bonchev–Trinajstić information content (AvgIpc) is 3.21. The van der Waals surface area contributed by atoms with E-state index in [4.69, 9.17) is 9.47 Å². The predicted octanol–water partition coefficient (Wildman–Crippen LogP) is 2.62. The lowest BCUT2D eigenvalue weighted by Gasteiger charge is -2.28. The van der Waals surface area contributed by atoms with E-state index < -0.39 is 6.04 Å². The number of anilines is 2. The molecule has 0 radical (unpaired) electrons. The summed E-state index contributed by atoms with van der Waals surface area (Å²) in [6.45, 7) is 1.83. The normalized spacial score (nSPS) is 15.3. The predicted molar refractivity (Wildman–Crippen MR) is 107 cm³/mol. The number of nitrogens with zero attached hydrogens (tertiary/aromatic N) is 4. The summed E-state index contributed by atoms with van der Waals surface area (Å²) in [6, 6.07) is 10.2. The second-order valence-electron chi connectivity index (χ2n) is 6.37. The van der Waals surface area contributed by atoms with E-state index in [2.05, 4.69) is 25.7 Å². The first-order valence-electron chi connectivity index (χ1n) is 8.94. The Morgan fingerprint density at radius 1 is 1.17 bits per heavy atom. The van der Waals surface area contributed by atoms with E-state index >= 15 is 0 Å². The number of methoxy groups -OCH3 is 2. The van der Waals surface area contributed by atoms with Crippen LogP contribution in [0.2, 0.25) is 0 Å². The molecule has 1 atom stereocenters. The summed E-state index contributed by atoms with van der Waals surface area (Å²) in [5.74, 6) is 1.37. The van der Waals surface area contributed by atoms with Gasteiger partial charge in [-0.1, -0.05) is 6.07 Å². The van der Waals surface area contributed by atoms with Gasteiger partial charge in [-0.25, -0.2) is 4.68 Å².